The lowest BCUT2D eigenvalue weighted by Gasteiger charge is -2.24. The van der Waals surface area contributed by atoms with Crippen LogP contribution in [0.1, 0.15) is 65.2 Å². The van der Waals surface area contributed by atoms with Crippen LogP contribution in [0, 0.1) is 12.3 Å². The Kier molecular flexibility index (Phi) is 5.74. The van der Waals surface area contributed by atoms with Gasteiger partial charge in [0.15, 0.2) is 0 Å². The van der Waals surface area contributed by atoms with Crippen LogP contribution in [-0.4, -0.2) is 5.71 Å². The molecule has 126 valence electrons. The molecule has 1 nitrogen and oxygen atoms in total. The normalized spacial score (nSPS) is 14.6. The van der Waals surface area contributed by atoms with Gasteiger partial charge in [-0.25, -0.2) is 4.39 Å². The summed E-state index contributed by atoms with van der Waals surface area (Å²) in [7, 11) is 0. The van der Waals surface area contributed by atoms with Gasteiger partial charge < -0.3 is 0 Å². The Morgan fingerprint density at radius 2 is 1.70 bits per heavy atom. The van der Waals surface area contributed by atoms with Gasteiger partial charge >= 0.3 is 0 Å². The Labute approximate surface area is 141 Å². The van der Waals surface area contributed by atoms with Gasteiger partial charge in [0, 0.05) is 11.8 Å². The monoisotopic (exact) mass is 315 g/mol. The van der Waals surface area contributed by atoms with E-state index in [0.29, 0.717) is 5.56 Å². The molecular formula is C21H30FN. The maximum atomic E-state index is 14.4. The Balaban J connectivity index is 3.62. The summed E-state index contributed by atoms with van der Waals surface area (Å²) in [6, 6.07) is 5.72. The summed E-state index contributed by atoms with van der Waals surface area (Å²) in [4.78, 5) is 4.51. The molecule has 0 amide bonds. The highest BCUT2D eigenvalue weighted by Crippen LogP contribution is 2.31. The molecule has 1 aromatic carbocycles. The third-order valence-electron chi connectivity index (χ3n) is 4.44. The second-order valence-corrected chi connectivity index (χ2v) is 7.66. The van der Waals surface area contributed by atoms with E-state index in [9.17, 15) is 4.39 Å². The van der Waals surface area contributed by atoms with Gasteiger partial charge in [0.25, 0.3) is 0 Å². The van der Waals surface area contributed by atoms with E-state index in [1.54, 1.807) is 20.0 Å². The first kappa shape index (κ1) is 19.3. The van der Waals surface area contributed by atoms with Crippen molar-refractivity contribution < 1.29 is 4.39 Å². The average molecular weight is 315 g/mol. The van der Waals surface area contributed by atoms with Gasteiger partial charge in [-0.15, -0.1) is 0 Å². The molecule has 0 bridgehead atoms. The van der Waals surface area contributed by atoms with E-state index in [1.165, 1.54) is 5.57 Å². The third kappa shape index (κ3) is 4.63. The quantitative estimate of drug-likeness (QED) is 0.561. The zero-order chi connectivity index (χ0) is 18.0. The van der Waals surface area contributed by atoms with Crippen LogP contribution in [0.25, 0.3) is 0 Å². The fourth-order valence-electron chi connectivity index (χ4n) is 2.45. The second kappa shape index (κ2) is 6.82. The highest BCUT2D eigenvalue weighted by atomic mass is 19.1. The maximum absolute atomic E-state index is 14.4. The van der Waals surface area contributed by atoms with Crippen molar-refractivity contribution in [1.29, 1.82) is 0 Å². The first-order chi connectivity index (χ1) is 10.4. The van der Waals surface area contributed by atoms with Crippen LogP contribution in [0.15, 0.2) is 47.1 Å². The van der Waals surface area contributed by atoms with E-state index in [0.717, 1.165) is 22.4 Å². The molecule has 0 fully saturated rings. The van der Waals surface area contributed by atoms with E-state index in [4.69, 9.17) is 0 Å². The standard InChI is InChI=1S/C21H30FN/c1-10-23-19(15(3)16(4)20(5,6)7)18-13-17(21(8,9)22)12-11-14(18)2/h10-13H,1H2,2-9H3/b16-15+,23-19+. The molecule has 2 heteroatoms. The highest BCUT2D eigenvalue weighted by molar-refractivity contribution is 6.14. The molecule has 0 aromatic heterocycles. The topological polar surface area (TPSA) is 12.4 Å². The Morgan fingerprint density at radius 3 is 2.13 bits per heavy atom. The molecule has 0 aliphatic heterocycles. The number of nitrogens with zero attached hydrogens (tertiary/aromatic N) is 1. The second-order valence-electron chi connectivity index (χ2n) is 7.66. The van der Waals surface area contributed by atoms with E-state index in [2.05, 4.69) is 46.2 Å². The van der Waals surface area contributed by atoms with E-state index < -0.39 is 5.67 Å². The minimum absolute atomic E-state index is 0.0525. The van der Waals surface area contributed by atoms with Gasteiger partial charge in [-0.3, -0.25) is 4.99 Å². The Bertz CT molecular complexity index is 649. The summed E-state index contributed by atoms with van der Waals surface area (Å²) in [5.41, 5.74) is 4.65. The minimum Gasteiger partial charge on any atom is -0.257 e. The van der Waals surface area contributed by atoms with Crippen molar-refractivity contribution in [1.82, 2.24) is 0 Å². The summed E-state index contributed by atoms with van der Waals surface area (Å²) in [5, 5.41) is 0. The molecule has 0 aliphatic rings. The number of hydrogen-bond donors (Lipinski definition) is 0. The summed E-state index contributed by atoms with van der Waals surface area (Å²) >= 11 is 0. The zero-order valence-electron chi connectivity index (χ0n) is 15.8. The molecule has 0 spiro atoms. The lowest BCUT2D eigenvalue weighted by atomic mass is 9.82. The third-order valence-corrected chi connectivity index (χ3v) is 4.44. The predicted octanol–water partition coefficient (Wildman–Crippen LogP) is 6.51. The van der Waals surface area contributed by atoms with Crippen LogP contribution in [0.2, 0.25) is 0 Å². The summed E-state index contributed by atoms with van der Waals surface area (Å²) in [5.74, 6) is 0. The van der Waals surface area contributed by atoms with Crippen LogP contribution >= 0.6 is 0 Å². The van der Waals surface area contributed by atoms with Crippen molar-refractivity contribution in [3.63, 3.8) is 0 Å². The molecule has 0 aliphatic carbocycles. The lowest BCUT2D eigenvalue weighted by molar-refractivity contribution is 0.221. The summed E-state index contributed by atoms with van der Waals surface area (Å²) in [6.07, 6.45) is 1.56. The van der Waals surface area contributed by atoms with Crippen molar-refractivity contribution in [3.8, 4) is 0 Å². The van der Waals surface area contributed by atoms with Gasteiger partial charge in [-0.1, -0.05) is 45.1 Å². The number of hydrogen-bond acceptors (Lipinski definition) is 1. The molecule has 0 saturated carbocycles. The van der Waals surface area contributed by atoms with Crippen molar-refractivity contribution >= 4 is 5.71 Å². The smallest absolute Gasteiger partial charge is 0.130 e. The van der Waals surface area contributed by atoms with Crippen molar-refractivity contribution in [3.05, 3.63) is 58.8 Å². The molecule has 1 aromatic rings. The van der Waals surface area contributed by atoms with Gasteiger partial charge in [0.2, 0.25) is 0 Å². The molecular weight excluding hydrogens is 285 g/mol. The number of benzene rings is 1. The largest absolute Gasteiger partial charge is 0.257 e. The van der Waals surface area contributed by atoms with Gasteiger partial charge in [0.1, 0.15) is 5.67 Å². The summed E-state index contributed by atoms with van der Waals surface area (Å²) in [6.45, 7) is 19.7. The van der Waals surface area contributed by atoms with Gasteiger partial charge in [-0.05, 0) is 62.8 Å². The molecule has 1 rings (SSSR count). The van der Waals surface area contributed by atoms with Crippen LogP contribution in [0.3, 0.4) is 0 Å². The number of aryl methyl sites for hydroxylation is 1. The minimum atomic E-state index is -1.38. The Hall–Kier alpha value is -1.70. The molecule has 0 atom stereocenters. The molecule has 0 N–H and O–H groups in total. The van der Waals surface area contributed by atoms with Crippen LogP contribution in [0.4, 0.5) is 4.39 Å². The van der Waals surface area contributed by atoms with E-state index in [-0.39, 0.29) is 5.41 Å². The van der Waals surface area contributed by atoms with Crippen LogP contribution in [0.5, 0.6) is 0 Å². The van der Waals surface area contributed by atoms with Crippen LogP contribution < -0.4 is 0 Å². The van der Waals surface area contributed by atoms with Gasteiger partial charge in [0.05, 0.1) is 5.71 Å². The number of allylic oxidation sites excluding steroid dienone is 2. The SMILES string of the molecule is C=C/N=C(\C(C)=C(/C)C(C)(C)C)c1cc(C(C)(C)F)ccc1C. The highest BCUT2D eigenvalue weighted by Gasteiger charge is 2.23. The van der Waals surface area contributed by atoms with E-state index in [1.807, 2.05) is 25.1 Å². The van der Waals surface area contributed by atoms with Crippen LogP contribution in [-0.2, 0) is 5.67 Å². The molecule has 0 saturated heterocycles. The first-order valence-electron chi connectivity index (χ1n) is 8.07. The average Bonchev–Trinajstić information content (AvgIpc) is 2.42. The maximum Gasteiger partial charge on any atom is 0.130 e. The van der Waals surface area contributed by atoms with Crippen molar-refractivity contribution in [2.45, 2.75) is 61.1 Å². The zero-order valence-corrected chi connectivity index (χ0v) is 15.8. The number of halogens is 1. The number of rotatable bonds is 4. The molecule has 0 radical (unpaired) electrons. The van der Waals surface area contributed by atoms with E-state index >= 15 is 0 Å². The predicted molar refractivity (Wildman–Crippen MR) is 99.9 cm³/mol. The fraction of sp³-hybridized carbons (Fsp3) is 0.476. The number of alkyl halides is 1. The first-order valence-corrected chi connectivity index (χ1v) is 8.07. The summed E-state index contributed by atoms with van der Waals surface area (Å²) < 4.78 is 14.4. The van der Waals surface area contributed by atoms with Crippen molar-refractivity contribution in [2.75, 3.05) is 0 Å². The molecule has 0 unspecified atom stereocenters. The fourth-order valence-corrected chi connectivity index (χ4v) is 2.45. The molecule has 23 heavy (non-hydrogen) atoms. The van der Waals surface area contributed by atoms with Gasteiger partial charge in [-0.2, -0.15) is 0 Å². The number of aliphatic imine (C=N–C) groups is 1. The molecule has 0 heterocycles. The Morgan fingerprint density at radius 1 is 1.13 bits per heavy atom. The van der Waals surface area contributed by atoms with Crippen molar-refractivity contribution in [2.24, 2.45) is 10.4 Å². The lowest BCUT2D eigenvalue weighted by Crippen LogP contribution is -2.16.